The maximum Gasteiger partial charge on any atom is 0.264 e. The Morgan fingerprint density at radius 2 is 2.00 bits per heavy atom. The maximum absolute atomic E-state index is 11.1. The third kappa shape index (κ3) is 7.82. The van der Waals surface area contributed by atoms with E-state index < -0.39 is 40.0 Å². The lowest BCUT2D eigenvalue weighted by Crippen LogP contribution is -2.39. The Morgan fingerprint density at radius 3 is 2.41 bits per heavy atom. The number of hydrogen-bond acceptors (Lipinski definition) is 8. The molecular formula is C13H26O8S. The fourth-order valence-electron chi connectivity index (χ4n) is 2.08. The van der Waals surface area contributed by atoms with Gasteiger partial charge in [-0.15, -0.1) is 0 Å². The summed E-state index contributed by atoms with van der Waals surface area (Å²) in [6, 6.07) is 0. The molecular weight excluding hydrogens is 316 g/mol. The SMILES string of the molecule is CC(C)(O)OC(COS(C)(=O)=O)C[C@H](O)C1COC(C)(C)O1. The van der Waals surface area contributed by atoms with E-state index in [-0.39, 0.29) is 19.6 Å². The summed E-state index contributed by atoms with van der Waals surface area (Å²) < 4.78 is 43.1. The molecule has 0 aromatic carbocycles. The molecule has 1 heterocycles. The van der Waals surface area contributed by atoms with Crippen molar-refractivity contribution in [1.29, 1.82) is 0 Å². The predicted octanol–water partition coefficient (Wildman–Crippen LogP) is -0.0213. The van der Waals surface area contributed by atoms with Crippen LogP contribution >= 0.6 is 0 Å². The van der Waals surface area contributed by atoms with Crippen LogP contribution in [0.3, 0.4) is 0 Å². The van der Waals surface area contributed by atoms with Crippen molar-refractivity contribution in [1.82, 2.24) is 0 Å². The lowest BCUT2D eigenvalue weighted by atomic mass is 10.1. The zero-order chi connectivity index (χ0) is 17.2. The van der Waals surface area contributed by atoms with Gasteiger partial charge in [-0.25, -0.2) is 0 Å². The summed E-state index contributed by atoms with van der Waals surface area (Å²) in [6.07, 6.45) is -1.37. The Hall–Kier alpha value is -0.290. The van der Waals surface area contributed by atoms with E-state index in [9.17, 15) is 18.6 Å². The molecule has 1 aliphatic rings. The Bertz CT molecular complexity index is 453. The predicted molar refractivity (Wildman–Crippen MR) is 77.5 cm³/mol. The van der Waals surface area contributed by atoms with Gasteiger partial charge >= 0.3 is 0 Å². The lowest BCUT2D eigenvalue weighted by molar-refractivity contribution is -0.219. The molecule has 2 N–H and O–H groups in total. The third-order valence-corrected chi connectivity index (χ3v) is 3.45. The molecule has 0 aliphatic carbocycles. The lowest BCUT2D eigenvalue weighted by Gasteiger charge is -2.29. The molecule has 132 valence electrons. The molecule has 0 saturated carbocycles. The minimum atomic E-state index is -3.65. The fraction of sp³-hybridized carbons (Fsp3) is 1.00. The summed E-state index contributed by atoms with van der Waals surface area (Å²) in [5.74, 6) is -2.26. The highest BCUT2D eigenvalue weighted by Crippen LogP contribution is 2.26. The van der Waals surface area contributed by atoms with Crippen LogP contribution < -0.4 is 0 Å². The van der Waals surface area contributed by atoms with Gasteiger partial charge in [0, 0.05) is 6.42 Å². The van der Waals surface area contributed by atoms with Gasteiger partial charge in [-0.3, -0.25) is 4.18 Å². The van der Waals surface area contributed by atoms with Crippen molar-refractivity contribution < 1.29 is 37.0 Å². The molecule has 0 radical (unpaired) electrons. The Kier molecular flexibility index (Phi) is 6.36. The Balaban J connectivity index is 2.63. The zero-order valence-electron chi connectivity index (χ0n) is 13.6. The molecule has 1 saturated heterocycles. The van der Waals surface area contributed by atoms with E-state index in [0.717, 1.165) is 6.26 Å². The first-order valence-corrected chi connectivity index (χ1v) is 8.83. The van der Waals surface area contributed by atoms with Crippen LogP contribution in [0.15, 0.2) is 0 Å². The van der Waals surface area contributed by atoms with Crippen LogP contribution in [-0.4, -0.2) is 68.0 Å². The number of rotatable bonds is 8. The first-order valence-electron chi connectivity index (χ1n) is 7.02. The maximum atomic E-state index is 11.1. The van der Waals surface area contributed by atoms with E-state index in [1.807, 2.05) is 0 Å². The molecule has 2 unspecified atom stereocenters. The molecule has 0 aromatic heterocycles. The second-order valence-corrected chi connectivity index (χ2v) is 7.99. The molecule has 0 aromatic rings. The summed E-state index contributed by atoms with van der Waals surface area (Å²) in [5, 5.41) is 19.9. The third-order valence-electron chi connectivity index (χ3n) is 2.89. The summed E-state index contributed by atoms with van der Waals surface area (Å²) in [7, 11) is -3.65. The van der Waals surface area contributed by atoms with Gasteiger partial charge in [-0.05, 0) is 27.7 Å². The summed E-state index contributed by atoms with van der Waals surface area (Å²) in [4.78, 5) is 0. The highest BCUT2D eigenvalue weighted by Gasteiger charge is 2.38. The second-order valence-electron chi connectivity index (χ2n) is 6.35. The molecule has 1 aliphatic heterocycles. The largest absolute Gasteiger partial charge is 0.390 e. The topological polar surface area (TPSA) is 112 Å². The summed E-state index contributed by atoms with van der Waals surface area (Å²) >= 11 is 0. The molecule has 3 atom stereocenters. The zero-order valence-corrected chi connectivity index (χ0v) is 14.4. The van der Waals surface area contributed by atoms with E-state index in [2.05, 4.69) is 0 Å². The van der Waals surface area contributed by atoms with E-state index >= 15 is 0 Å². The standard InChI is InChI=1S/C13H26O8S/c1-12(2,15)20-9(7-19-22(5,16)17)6-10(14)11-8-18-13(3,4)21-11/h9-11,14-15H,6-8H2,1-5H3/t9?,10-,11?/m0/s1. The van der Waals surface area contributed by atoms with Crippen LogP contribution in [0.25, 0.3) is 0 Å². The number of ether oxygens (including phenoxy) is 3. The van der Waals surface area contributed by atoms with Gasteiger partial charge in [0.1, 0.15) is 6.10 Å². The first-order chi connectivity index (χ1) is 9.77. The summed E-state index contributed by atoms with van der Waals surface area (Å²) in [5.41, 5.74) is 0. The van der Waals surface area contributed by atoms with E-state index in [1.54, 1.807) is 13.8 Å². The van der Waals surface area contributed by atoms with Crippen molar-refractivity contribution in [2.75, 3.05) is 19.5 Å². The molecule has 0 bridgehead atoms. The summed E-state index contributed by atoms with van der Waals surface area (Å²) in [6.45, 7) is 6.19. The molecule has 0 amide bonds. The van der Waals surface area contributed by atoms with Gasteiger partial charge in [0.15, 0.2) is 11.6 Å². The fourth-order valence-corrected chi connectivity index (χ4v) is 2.48. The quantitative estimate of drug-likeness (QED) is 0.467. The van der Waals surface area contributed by atoms with Gasteiger partial charge in [0.25, 0.3) is 10.1 Å². The Labute approximate surface area is 131 Å². The van der Waals surface area contributed by atoms with Crippen molar-refractivity contribution in [3.63, 3.8) is 0 Å². The number of aliphatic hydroxyl groups is 2. The van der Waals surface area contributed by atoms with Crippen molar-refractivity contribution in [3.05, 3.63) is 0 Å². The van der Waals surface area contributed by atoms with Gasteiger partial charge < -0.3 is 24.4 Å². The number of aliphatic hydroxyl groups excluding tert-OH is 1. The van der Waals surface area contributed by atoms with Gasteiger partial charge in [0.05, 0.1) is 31.7 Å². The molecule has 1 rings (SSSR count). The van der Waals surface area contributed by atoms with Crippen LogP contribution in [-0.2, 0) is 28.5 Å². The highest BCUT2D eigenvalue weighted by molar-refractivity contribution is 7.85. The van der Waals surface area contributed by atoms with E-state index in [1.165, 1.54) is 13.8 Å². The molecule has 1 fully saturated rings. The van der Waals surface area contributed by atoms with Gasteiger partial charge in [-0.1, -0.05) is 0 Å². The molecule has 9 heteroatoms. The monoisotopic (exact) mass is 342 g/mol. The molecule has 0 spiro atoms. The molecule has 8 nitrogen and oxygen atoms in total. The first kappa shape index (κ1) is 19.8. The average molecular weight is 342 g/mol. The van der Waals surface area contributed by atoms with Crippen molar-refractivity contribution in [2.24, 2.45) is 0 Å². The Morgan fingerprint density at radius 1 is 1.41 bits per heavy atom. The van der Waals surface area contributed by atoms with Crippen molar-refractivity contribution >= 4 is 10.1 Å². The second kappa shape index (κ2) is 7.08. The van der Waals surface area contributed by atoms with Crippen molar-refractivity contribution in [2.45, 2.75) is 64.0 Å². The molecule has 22 heavy (non-hydrogen) atoms. The van der Waals surface area contributed by atoms with Gasteiger partial charge in [-0.2, -0.15) is 8.42 Å². The van der Waals surface area contributed by atoms with Crippen LogP contribution in [0, 0.1) is 0 Å². The van der Waals surface area contributed by atoms with E-state index in [4.69, 9.17) is 18.4 Å². The van der Waals surface area contributed by atoms with Crippen LogP contribution in [0.4, 0.5) is 0 Å². The van der Waals surface area contributed by atoms with Crippen molar-refractivity contribution in [3.8, 4) is 0 Å². The minimum Gasteiger partial charge on any atom is -0.390 e. The van der Waals surface area contributed by atoms with Crippen LogP contribution in [0.5, 0.6) is 0 Å². The van der Waals surface area contributed by atoms with Crippen LogP contribution in [0.1, 0.15) is 34.1 Å². The normalized spacial score (nSPS) is 25.1. The smallest absolute Gasteiger partial charge is 0.264 e. The number of hydrogen-bond donors (Lipinski definition) is 2. The average Bonchev–Trinajstić information content (AvgIpc) is 2.64. The highest BCUT2D eigenvalue weighted by atomic mass is 32.2. The van der Waals surface area contributed by atoms with Gasteiger partial charge in [0.2, 0.25) is 0 Å². The van der Waals surface area contributed by atoms with Crippen LogP contribution in [0.2, 0.25) is 0 Å². The minimum absolute atomic E-state index is 0.0314. The van der Waals surface area contributed by atoms with E-state index in [0.29, 0.717) is 0 Å².